The summed E-state index contributed by atoms with van der Waals surface area (Å²) in [6, 6.07) is -1.64. The lowest BCUT2D eigenvalue weighted by Crippen LogP contribution is -2.50. The summed E-state index contributed by atoms with van der Waals surface area (Å²) in [6.45, 7) is 2.80. The fourth-order valence-electron chi connectivity index (χ4n) is 1.16. The summed E-state index contributed by atoms with van der Waals surface area (Å²) in [7, 11) is 0. The molecule has 0 aromatic carbocycles. The van der Waals surface area contributed by atoms with Crippen LogP contribution in [0, 0.1) is 0 Å². The summed E-state index contributed by atoms with van der Waals surface area (Å²) in [5, 5.41) is 13.7. The maximum atomic E-state index is 11.6. The minimum absolute atomic E-state index is 0.330. The van der Waals surface area contributed by atoms with Crippen molar-refractivity contribution in [3.8, 4) is 0 Å². The average Bonchev–Trinajstić information content (AvgIpc) is 2.22. The first-order valence-electron chi connectivity index (χ1n) is 5.17. The van der Waals surface area contributed by atoms with E-state index in [1.54, 1.807) is 0 Å². The molecule has 1 unspecified atom stereocenters. The van der Waals surface area contributed by atoms with Crippen molar-refractivity contribution < 1.29 is 19.5 Å². The standard InChI is InChI=1S/C10H18N2O4S/c1-6(11-7(2)13)9(14)12-8(10(15)16)4-5-17-3/h6,8H,4-5H2,1-3H3,(H,11,13)(H,12,14)(H,15,16)/t6?,8-/m0/s1. The van der Waals surface area contributed by atoms with Gasteiger partial charge < -0.3 is 15.7 Å². The lowest BCUT2D eigenvalue weighted by atomic mass is 10.2. The first kappa shape index (κ1) is 15.8. The largest absolute Gasteiger partial charge is 0.480 e. The summed E-state index contributed by atoms with van der Waals surface area (Å²) in [4.78, 5) is 33.2. The van der Waals surface area contributed by atoms with Crippen molar-refractivity contribution in [2.75, 3.05) is 12.0 Å². The molecular formula is C10H18N2O4S. The average molecular weight is 262 g/mol. The Labute approximate surface area is 105 Å². The zero-order valence-corrected chi connectivity index (χ0v) is 11.0. The summed E-state index contributed by atoms with van der Waals surface area (Å²) in [5.41, 5.74) is 0. The second kappa shape index (κ2) is 7.94. The van der Waals surface area contributed by atoms with E-state index in [0.717, 1.165) is 0 Å². The molecule has 0 fully saturated rings. The van der Waals surface area contributed by atoms with Crippen LogP contribution in [-0.2, 0) is 14.4 Å². The number of hydrogen-bond acceptors (Lipinski definition) is 4. The molecule has 0 saturated heterocycles. The predicted octanol–water partition coefficient (Wildman–Crippen LogP) is -0.166. The predicted molar refractivity (Wildman–Crippen MR) is 65.8 cm³/mol. The molecule has 0 aliphatic rings. The molecule has 0 aliphatic carbocycles. The van der Waals surface area contributed by atoms with Crippen molar-refractivity contribution in [2.24, 2.45) is 0 Å². The summed E-state index contributed by atoms with van der Waals surface area (Å²) in [6.07, 6.45) is 2.22. The first-order chi connectivity index (χ1) is 7.88. The Balaban J connectivity index is 4.29. The van der Waals surface area contributed by atoms with Gasteiger partial charge >= 0.3 is 5.97 Å². The van der Waals surface area contributed by atoms with Crippen molar-refractivity contribution in [2.45, 2.75) is 32.4 Å². The fraction of sp³-hybridized carbons (Fsp3) is 0.700. The van der Waals surface area contributed by atoms with Gasteiger partial charge in [0.1, 0.15) is 12.1 Å². The number of aliphatic carboxylic acids is 1. The molecule has 0 aliphatic heterocycles. The van der Waals surface area contributed by atoms with Gasteiger partial charge in [0, 0.05) is 6.92 Å². The molecule has 0 rings (SSSR count). The van der Waals surface area contributed by atoms with E-state index in [1.807, 2.05) is 6.26 Å². The van der Waals surface area contributed by atoms with E-state index in [-0.39, 0.29) is 5.91 Å². The third kappa shape index (κ3) is 6.83. The van der Waals surface area contributed by atoms with Gasteiger partial charge in [-0.15, -0.1) is 0 Å². The monoisotopic (exact) mass is 262 g/mol. The summed E-state index contributed by atoms with van der Waals surface area (Å²) >= 11 is 1.51. The van der Waals surface area contributed by atoms with E-state index in [0.29, 0.717) is 12.2 Å². The normalized spacial score (nSPS) is 13.6. The van der Waals surface area contributed by atoms with Crippen molar-refractivity contribution >= 4 is 29.5 Å². The number of carbonyl (C=O) groups is 3. The molecule has 7 heteroatoms. The maximum Gasteiger partial charge on any atom is 0.326 e. The van der Waals surface area contributed by atoms with Gasteiger partial charge in [-0.1, -0.05) is 0 Å². The Morgan fingerprint density at radius 1 is 1.29 bits per heavy atom. The Morgan fingerprint density at radius 2 is 1.88 bits per heavy atom. The summed E-state index contributed by atoms with van der Waals surface area (Å²) in [5.74, 6) is -1.24. The SMILES string of the molecule is CSCC[C@H](NC(=O)C(C)NC(C)=O)C(=O)O. The van der Waals surface area contributed by atoms with Crippen molar-refractivity contribution in [3.63, 3.8) is 0 Å². The molecule has 2 atom stereocenters. The van der Waals surface area contributed by atoms with Crippen LogP contribution in [0.2, 0.25) is 0 Å². The first-order valence-corrected chi connectivity index (χ1v) is 6.57. The van der Waals surface area contributed by atoms with Gasteiger partial charge in [-0.05, 0) is 25.4 Å². The van der Waals surface area contributed by atoms with Crippen LogP contribution in [0.15, 0.2) is 0 Å². The molecular weight excluding hydrogens is 244 g/mol. The van der Waals surface area contributed by atoms with Gasteiger partial charge in [-0.3, -0.25) is 9.59 Å². The number of hydrogen-bond donors (Lipinski definition) is 3. The topological polar surface area (TPSA) is 95.5 Å². The van der Waals surface area contributed by atoms with Crippen LogP contribution in [0.25, 0.3) is 0 Å². The molecule has 0 saturated carbocycles. The van der Waals surface area contributed by atoms with Crippen LogP contribution in [0.3, 0.4) is 0 Å². The fourth-order valence-corrected chi connectivity index (χ4v) is 1.63. The quantitative estimate of drug-likeness (QED) is 0.592. The third-order valence-electron chi connectivity index (χ3n) is 2.04. The van der Waals surface area contributed by atoms with Gasteiger partial charge in [-0.2, -0.15) is 11.8 Å². The van der Waals surface area contributed by atoms with Gasteiger partial charge in [0.2, 0.25) is 11.8 Å². The molecule has 6 nitrogen and oxygen atoms in total. The van der Waals surface area contributed by atoms with Gasteiger partial charge in [0.25, 0.3) is 0 Å². The molecule has 0 radical (unpaired) electrons. The highest BCUT2D eigenvalue weighted by molar-refractivity contribution is 7.98. The van der Waals surface area contributed by atoms with Crippen molar-refractivity contribution in [3.05, 3.63) is 0 Å². The van der Waals surface area contributed by atoms with Crippen LogP contribution >= 0.6 is 11.8 Å². The van der Waals surface area contributed by atoms with Gasteiger partial charge in [0.05, 0.1) is 0 Å². The van der Waals surface area contributed by atoms with Crippen LogP contribution < -0.4 is 10.6 Å². The van der Waals surface area contributed by atoms with E-state index in [9.17, 15) is 14.4 Å². The summed E-state index contributed by atoms with van der Waals surface area (Å²) < 4.78 is 0. The molecule has 0 heterocycles. The second-order valence-electron chi connectivity index (χ2n) is 3.60. The highest BCUT2D eigenvalue weighted by atomic mass is 32.2. The van der Waals surface area contributed by atoms with E-state index < -0.39 is 24.0 Å². The lowest BCUT2D eigenvalue weighted by molar-refractivity contribution is -0.142. The molecule has 0 bridgehead atoms. The Hall–Kier alpha value is -1.24. The van der Waals surface area contributed by atoms with Crippen molar-refractivity contribution in [1.29, 1.82) is 0 Å². The lowest BCUT2D eigenvalue weighted by Gasteiger charge is -2.17. The molecule has 0 spiro atoms. The number of amides is 2. The van der Waals surface area contributed by atoms with E-state index in [1.165, 1.54) is 25.6 Å². The molecule has 17 heavy (non-hydrogen) atoms. The second-order valence-corrected chi connectivity index (χ2v) is 4.59. The molecule has 3 N–H and O–H groups in total. The Bertz CT molecular complexity index is 296. The number of thioether (sulfide) groups is 1. The van der Waals surface area contributed by atoms with Crippen LogP contribution in [0.5, 0.6) is 0 Å². The van der Waals surface area contributed by atoms with E-state index in [4.69, 9.17) is 5.11 Å². The number of carbonyl (C=O) groups excluding carboxylic acids is 2. The highest BCUT2D eigenvalue weighted by Gasteiger charge is 2.22. The third-order valence-corrected chi connectivity index (χ3v) is 2.68. The number of carboxylic acid groups (broad SMARTS) is 1. The van der Waals surface area contributed by atoms with E-state index >= 15 is 0 Å². The zero-order valence-electron chi connectivity index (χ0n) is 10.1. The Morgan fingerprint density at radius 3 is 2.29 bits per heavy atom. The number of rotatable bonds is 7. The number of nitrogens with one attached hydrogen (secondary N) is 2. The van der Waals surface area contributed by atoms with E-state index in [2.05, 4.69) is 10.6 Å². The smallest absolute Gasteiger partial charge is 0.326 e. The highest BCUT2D eigenvalue weighted by Crippen LogP contribution is 2.01. The van der Waals surface area contributed by atoms with Gasteiger partial charge in [-0.25, -0.2) is 4.79 Å². The molecule has 0 aromatic heterocycles. The minimum Gasteiger partial charge on any atom is -0.480 e. The van der Waals surface area contributed by atoms with Crippen LogP contribution in [0.4, 0.5) is 0 Å². The zero-order chi connectivity index (χ0) is 13.4. The minimum atomic E-state index is -1.07. The number of carboxylic acids is 1. The Kier molecular flexibility index (Phi) is 7.36. The molecule has 98 valence electrons. The van der Waals surface area contributed by atoms with Crippen molar-refractivity contribution in [1.82, 2.24) is 10.6 Å². The van der Waals surface area contributed by atoms with Crippen LogP contribution in [-0.4, -0.2) is 47.0 Å². The molecule has 0 aromatic rings. The maximum absolute atomic E-state index is 11.6. The van der Waals surface area contributed by atoms with Crippen LogP contribution in [0.1, 0.15) is 20.3 Å². The molecule has 2 amide bonds. The van der Waals surface area contributed by atoms with Gasteiger partial charge in [0.15, 0.2) is 0 Å².